The van der Waals surface area contributed by atoms with E-state index in [0.29, 0.717) is 69.4 Å². The fraction of sp³-hybridized carbons (Fsp3) is 0.491. The van der Waals surface area contributed by atoms with Crippen LogP contribution >= 0.6 is 7.75 Å². The average molecular weight is 1230 g/mol. The molecule has 3 amide bonds. The highest BCUT2D eigenvalue weighted by Gasteiger charge is 2.32. The number of aromatic hydroxyl groups is 1. The number of hydrogen-bond donors (Lipinski definition) is 11. The molecule has 1 heterocycles. The molecule has 2 aromatic carbocycles. The first kappa shape index (κ1) is 70.0. The molecule has 1 aliphatic heterocycles. The highest BCUT2D eigenvalue weighted by Crippen LogP contribution is 2.42. The molecule has 0 bridgehead atoms. The van der Waals surface area contributed by atoms with E-state index >= 15 is 0 Å². The minimum Gasteiger partial charge on any atom is -0.508 e. The molecule has 0 spiro atoms. The molecule has 2 aromatic rings. The topological polar surface area (TPSA) is 457 Å². The van der Waals surface area contributed by atoms with Crippen LogP contribution in [-0.4, -0.2) is 220 Å². The van der Waals surface area contributed by atoms with Crippen LogP contribution in [0.25, 0.3) is 33.4 Å². The smallest absolute Gasteiger partial charge is 0.403 e. The van der Waals surface area contributed by atoms with Gasteiger partial charge in [0.2, 0.25) is 11.8 Å². The van der Waals surface area contributed by atoms with Crippen molar-refractivity contribution in [1.29, 1.82) is 0 Å². The first-order valence-electron chi connectivity index (χ1n) is 26.4. The van der Waals surface area contributed by atoms with E-state index in [4.69, 9.17) is 52.5 Å². The number of carbonyl (C=O) groups is 8. The molecule has 4 atom stereocenters. The van der Waals surface area contributed by atoms with Crippen LogP contribution in [0, 0.1) is 0 Å². The van der Waals surface area contributed by atoms with Crippen LogP contribution in [-0.2, 0) is 75.8 Å². The Morgan fingerprint density at radius 2 is 1.04 bits per heavy atom. The third-order valence-corrected chi connectivity index (χ3v) is 12.8. The molecule has 0 fully saturated rings. The van der Waals surface area contributed by atoms with E-state index in [9.17, 15) is 73.0 Å². The molecular formula is C53H69N4O27P. The summed E-state index contributed by atoms with van der Waals surface area (Å²) in [5.41, 5.74) is 1.11. The standard InChI is InChI=1S/C53H69N4O27P/c58-34-2-5-37-43(30-34)84-44-31-35(59)3-6-38(44)48(37)36-4-1-33(29-39(36)50(65)66)49(64)54-12-14-76-16-18-78-20-22-80-24-26-82-28-27-81-25-23-79-21-19-77-17-15-75-13-11-46(61)55-40(51(67)68)7-9-45(60)56-42(53(71)72)32-83-85(73,74)57-41(52(69)70)8-10-47(62)63/h1-6,29-31,40-42,58H,7-28,32H2,(H,54,64)(H,55,61)(H,56,60)(H,62,63)(H,65,66)(H,67,68)(H,69,70)(H,71,72)(H2,57,73,74)/t40-,41-,42-/m0/s1. The van der Waals surface area contributed by atoms with Gasteiger partial charge in [0.05, 0.1) is 118 Å². The predicted octanol–water partition coefficient (Wildman–Crippen LogP) is 1.16. The molecule has 0 saturated heterocycles. The fourth-order valence-electron chi connectivity index (χ4n) is 7.54. The molecule has 32 heteroatoms. The molecule has 1 aliphatic carbocycles. The largest absolute Gasteiger partial charge is 0.508 e. The number of ether oxygens (including phenoxy) is 8. The number of aliphatic carboxylic acids is 4. The first-order chi connectivity index (χ1) is 40.6. The second-order valence-corrected chi connectivity index (χ2v) is 19.6. The maximum atomic E-state index is 13.0. The van der Waals surface area contributed by atoms with Gasteiger partial charge in [0.15, 0.2) is 11.5 Å². The molecule has 85 heavy (non-hydrogen) atoms. The SMILES string of the molecule is O=C(O)CC[C@H](NP(=O)(O)OC[C@H](NC(=O)CC[C@H](NC(=O)CCOCCOCCOCCOCCOCCOCCOCCOCCNC(=O)c1ccc(-c2c3ccc(=O)cc-3oc3cc(O)ccc23)c(C(=O)O)c1)C(=O)O)C(=O)O)C(=O)O. The summed E-state index contributed by atoms with van der Waals surface area (Å²) in [6, 6.07) is 7.50. The molecule has 2 aliphatic rings. The van der Waals surface area contributed by atoms with Gasteiger partial charge in [-0.3, -0.25) is 33.3 Å². The lowest BCUT2D eigenvalue weighted by molar-refractivity contribution is -0.144. The van der Waals surface area contributed by atoms with E-state index in [1.54, 1.807) is 17.2 Å². The van der Waals surface area contributed by atoms with Crippen LogP contribution in [0.1, 0.15) is 52.8 Å². The molecule has 0 aromatic heterocycles. The Morgan fingerprint density at radius 3 is 1.56 bits per heavy atom. The monoisotopic (exact) mass is 1220 g/mol. The Balaban J connectivity index is 0.919. The lowest BCUT2D eigenvalue weighted by atomic mass is 9.90. The number of aromatic carboxylic acids is 1. The van der Waals surface area contributed by atoms with Crippen LogP contribution in [0.4, 0.5) is 0 Å². The Hall–Kier alpha value is -7.52. The van der Waals surface area contributed by atoms with Crippen LogP contribution in [0.2, 0.25) is 0 Å². The van der Waals surface area contributed by atoms with Crippen molar-refractivity contribution in [2.24, 2.45) is 0 Å². The van der Waals surface area contributed by atoms with E-state index in [1.165, 1.54) is 42.5 Å². The number of fused-ring (bicyclic) bond motifs is 2. The van der Waals surface area contributed by atoms with Crippen molar-refractivity contribution >= 4 is 66.3 Å². The van der Waals surface area contributed by atoms with Crippen molar-refractivity contribution in [3.8, 4) is 28.2 Å². The van der Waals surface area contributed by atoms with Gasteiger partial charge in [-0.15, -0.1) is 0 Å². The fourth-order valence-corrected chi connectivity index (χ4v) is 8.60. The summed E-state index contributed by atoms with van der Waals surface area (Å²) >= 11 is 0. The van der Waals surface area contributed by atoms with Gasteiger partial charge in [-0.1, -0.05) is 6.07 Å². The normalized spacial score (nSPS) is 13.1. The van der Waals surface area contributed by atoms with Gasteiger partial charge in [0, 0.05) is 60.0 Å². The number of carbonyl (C=O) groups excluding carboxylic acids is 3. The van der Waals surface area contributed by atoms with Crippen molar-refractivity contribution in [3.63, 3.8) is 0 Å². The maximum Gasteiger partial charge on any atom is 0.403 e. The highest BCUT2D eigenvalue weighted by molar-refractivity contribution is 7.50. The summed E-state index contributed by atoms with van der Waals surface area (Å²) in [6.45, 7) is 3.07. The Morgan fingerprint density at radius 1 is 0.541 bits per heavy atom. The Bertz CT molecular complexity index is 2920. The quantitative estimate of drug-likeness (QED) is 0.0168. The zero-order chi connectivity index (χ0) is 62.2. The van der Waals surface area contributed by atoms with Gasteiger partial charge in [-0.05, 0) is 54.8 Å². The summed E-state index contributed by atoms with van der Waals surface area (Å²) in [5.74, 6) is -9.70. The number of carboxylic acid groups (broad SMARTS) is 5. The lowest BCUT2D eigenvalue weighted by Gasteiger charge is -2.21. The zero-order valence-corrected chi connectivity index (χ0v) is 46.8. The van der Waals surface area contributed by atoms with E-state index in [2.05, 4.69) is 15.2 Å². The third kappa shape index (κ3) is 26.5. The van der Waals surface area contributed by atoms with Crippen molar-refractivity contribution < 1.29 is 125 Å². The lowest BCUT2D eigenvalue weighted by Crippen LogP contribution is -2.46. The number of carboxylic acids is 5. The molecule has 4 rings (SSSR count). The van der Waals surface area contributed by atoms with Crippen LogP contribution in [0.15, 0.2) is 63.8 Å². The first-order valence-corrected chi connectivity index (χ1v) is 27.9. The number of rotatable bonds is 46. The van der Waals surface area contributed by atoms with E-state index in [0.717, 1.165) is 0 Å². The van der Waals surface area contributed by atoms with Crippen LogP contribution in [0.5, 0.6) is 5.75 Å². The van der Waals surface area contributed by atoms with Crippen LogP contribution in [0.3, 0.4) is 0 Å². The maximum absolute atomic E-state index is 13.0. The van der Waals surface area contributed by atoms with Gasteiger partial charge in [-0.2, -0.15) is 0 Å². The predicted molar refractivity (Wildman–Crippen MR) is 292 cm³/mol. The number of phenols is 1. The van der Waals surface area contributed by atoms with Gasteiger partial charge in [0.25, 0.3) is 5.91 Å². The summed E-state index contributed by atoms with van der Waals surface area (Å²) in [6.07, 6.45) is -2.63. The van der Waals surface area contributed by atoms with Crippen molar-refractivity contribution in [2.45, 2.75) is 50.2 Å². The summed E-state index contributed by atoms with van der Waals surface area (Å²) < 4.78 is 66.3. The Kier molecular flexibility index (Phi) is 31.0. The minimum atomic E-state index is -5.02. The highest BCUT2D eigenvalue weighted by atomic mass is 31.2. The number of hydrogen-bond acceptors (Lipinski definition) is 21. The average Bonchev–Trinajstić information content (AvgIpc) is 1.34. The zero-order valence-electron chi connectivity index (χ0n) is 45.9. The van der Waals surface area contributed by atoms with Crippen LogP contribution < -0.4 is 26.5 Å². The van der Waals surface area contributed by atoms with Gasteiger partial charge >= 0.3 is 37.6 Å². The Labute approximate surface area is 484 Å². The second kappa shape index (κ2) is 37.7. The number of benzene rings is 3. The second-order valence-electron chi connectivity index (χ2n) is 18.0. The van der Waals surface area contributed by atoms with Gasteiger partial charge < -0.3 is 93.8 Å². The van der Waals surface area contributed by atoms with E-state index in [1.807, 2.05) is 5.32 Å². The van der Waals surface area contributed by atoms with Crippen molar-refractivity contribution in [3.05, 3.63) is 75.9 Å². The summed E-state index contributed by atoms with van der Waals surface area (Å²) in [4.78, 5) is 118. The van der Waals surface area contributed by atoms with E-state index in [-0.39, 0.29) is 105 Å². The molecule has 11 N–H and O–H groups in total. The molecule has 1 unspecified atom stereocenters. The van der Waals surface area contributed by atoms with Crippen molar-refractivity contribution in [1.82, 2.24) is 21.0 Å². The third-order valence-electron chi connectivity index (χ3n) is 11.7. The number of amides is 3. The number of nitrogens with one attached hydrogen (secondary N) is 4. The van der Waals surface area contributed by atoms with Gasteiger partial charge in [-0.25, -0.2) is 24.0 Å². The molecule has 0 radical (unpaired) electrons. The molecule has 468 valence electrons. The molecule has 31 nitrogen and oxygen atoms in total. The summed E-state index contributed by atoms with van der Waals surface area (Å²) in [7, 11) is -5.02. The van der Waals surface area contributed by atoms with E-state index < -0.39 is 106 Å². The van der Waals surface area contributed by atoms with Gasteiger partial charge in [0.1, 0.15) is 29.2 Å². The summed E-state index contributed by atoms with van der Waals surface area (Å²) in [5, 5.41) is 66.1. The molecule has 0 saturated carbocycles. The number of phenolic OH excluding ortho intramolecular Hbond substituents is 1. The molecular weight excluding hydrogens is 1160 g/mol. The minimum absolute atomic E-state index is 0.0798. The van der Waals surface area contributed by atoms with Crippen molar-refractivity contribution in [2.75, 3.05) is 119 Å².